The van der Waals surface area contributed by atoms with Crippen LogP contribution in [-0.4, -0.2) is 63.3 Å². The van der Waals surface area contributed by atoms with Crippen LogP contribution in [0.3, 0.4) is 0 Å². The zero-order valence-corrected chi connectivity index (χ0v) is 27.6. The van der Waals surface area contributed by atoms with Gasteiger partial charge in [0.25, 0.3) is 10.0 Å². The molecule has 2 heterocycles. The van der Waals surface area contributed by atoms with E-state index in [9.17, 15) is 18.3 Å². The van der Waals surface area contributed by atoms with Gasteiger partial charge in [0.05, 0.1) is 30.5 Å². The van der Waals surface area contributed by atoms with E-state index in [-0.39, 0.29) is 30.5 Å². The predicted molar refractivity (Wildman–Crippen MR) is 184 cm³/mol. The fourth-order valence-corrected chi connectivity index (χ4v) is 7.07. The Morgan fingerprint density at radius 3 is 2.19 bits per heavy atom. The number of carbonyl (C=O) groups is 1. The van der Waals surface area contributed by atoms with Gasteiger partial charge in [0.1, 0.15) is 5.75 Å². The number of aromatic carboxylic acids is 1. The molecule has 48 heavy (non-hydrogen) atoms. The molecule has 0 saturated carbocycles. The SMILES string of the molecule is CCS(=O)(=O)N(CCc1c(CCOc2ccc(C(=O)O)cc2)c2cc(Cl)ccc2n1C(c1ccccc1)c1ccccc1)n1ncnn1. The van der Waals surface area contributed by atoms with E-state index in [1.165, 1.54) is 18.5 Å². The number of tetrazole rings is 1. The van der Waals surface area contributed by atoms with Crippen LogP contribution in [0.25, 0.3) is 10.9 Å². The fraction of sp³-hybridized carbons (Fsp3) is 0.200. The summed E-state index contributed by atoms with van der Waals surface area (Å²) in [6, 6.07) is 32.1. The number of nitrogens with zero attached hydrogens (tertiary/aromatic N) is 6. The standard InChI is InChI=1S/C35H33ClN6O5S/c1-2-48(45,46)40(42-38-24-37-39-42)21-19-33-30(20-22-47-29-16-13-27(14-17-29)35(43)44)31-23-28(36)15-18-32(31)41(33)34(25-9-5-3-6-10-25)26-11-7-4-8-12-26/h3-18,23-24,34H,2,19-22H2,1H3,(H,43,44). The van der Waals surface area contributed by atoms with Crippen molar-refractivity contribution in [3.05, 3.63) is 142 Å². The molecular weight excluding hydrogens is 652 g/mol. The molecule has 0 bridgehead atoms. The molecule has 0 aliphatic rings. The third-order valence-corrected chi connectivity index (χ3v) is 10.1. The van der Waals surface area contributed by atoms with Crippen molar-refractivity contribution in [1.82, 2.24) is 24.9 Å². The second-order valence-corrected chi connectivity index (χ2v) is 13.6. The largest absolute Gasteiger partial charge is 0.493 e. The zero-order valence-electron chi connectivity index (χ0n) is 26.1. The van der Waals surface area contributed by atoms with E-state index in [4.69, 9.17) is 16.3 Å². The Balaban J connectivity index is 1.49. The summed E-state index contributed by atoms with van der Waals surface area (Å²) in [4.78, 5) is 12.3. The number of carboxylic acids is 1. The van der Waals surface area contributed by atoms with Crippen molar-refractivity contribution in [2.24, 2.45) is 0 Å². The smallest absolute Gasteiger partial charge is 0.335 e. The van der Waals surface area contributed by atoms with Gasteiger partial charge in [0, 0.05) is 34.5 Å². The van der Waals surface area contributed by atoms with Crippen LogP contribution >= 0.6 is 11.6 Å². The number of aromatic nitrogens is 5. The summed E-state index contributed by atoms with van der Waals surface area (Å²) in [6.07, 6.45) is 1.95. The average Bonchev–Trinajstić information content (AvgIpc) is 3.73. The van der Waals surface area contributed by atoms with E-state index >= 15 is 0 Å². The first-order chi connectivity index (χ1) is 23.3. The molecule has 0 radical (unpaired) electrons. The molecule has 0 aliphatic heterocycles. The maximum atomic E-state index is 13.3. The van der Waals surface area contributed by atoms with E-state index in [0.717, 1.165) is 42.6 Å². The molecule has 0 spiro atoms. The molecule has 1 N–H and O–H groups in total. The van der Waals surface area contributed by atoms with Crippen LogP contribution in [0.1, 0.15) is 45.7 Å². The lowest BCUT2D eigenvalue weighted by molar-refractivity contribution is 0.0697. The van der Waals surface area contributed by atoms with Crippen LogP contribution < -0.4 is 9.15 Å². The summed E-state index contributed by atoms with van der Waals surface area (Å²) in [5.41, 5.74) is 5.04. The van der Waals surface area contributed by atoms with Gasteiger partial charge in [0.2, 0.25) is 0 Å². The molecule has 6 aromatic rings. The molecule has 0 aliphatic carbocycles. The van der Waals surface area contributed by atoms with Gasteiger partial charge in [-0.25, -0.2) is 13.2 Å². The predicted octanol–water partition coefficient (Wildman–Crippen LogP) is 5.77. The molecule has 0 unspecified atom stereocenters. The van der Waals surface area contributed by atoms with E-state index < -0.39 is 16.0 Å². The number of fused-ring (bicyclic) bond motifs is 1. The topological polar surface area (TPSA) is 132 Å². The second kappa shape index (κ2) is 14.3. The summed E-state index contributed by atoms with van der Waals surface area (Å²) in [5, 5.41) is 22.4. The molecule has 4 aromatic carbocycles. The van der Waals surface area contributed by atoms with E-state index in [1.807, 2.05) is 54.6 Å². The minimum Gasteiger partial charge on any atom is -0.493 e. The van der Waals surface area contributed by atoms with Crippen LogP contribution in [0.15, 0.2) is 109 Å². The summed E-state index contributed by atoms with van der Waals surface area (Å²) in [7, 11) is -3.77. The summed E-state index contributed by atoms with van der Waals surface area (Å²) >= 11 is 6.61. The van der Waals surface area contributed by atoms with Crippen molar-refractivity contribution in [2.45, 2.75) is 25.8 Å². The lowest BCUT2D eigenvalue weighted by Gasteiger charge is -2.26. The molecule has 6 rings (SSSR count). The number of ether oxygens (including phenoxy) is 1. The molecule has 246 valence electrons. The van der Waals surface area contributed by atoms with Crippen LogP contribution in [0.5, 0.6) is 5.75 Å². The number of hydrogen-bond acceptors (Lipinski definition) is 7. The molecular formula is C35H33ClN6O5S. The van der Waals surface area contributed by atoms with Gasteiger partial charge in [0.15, 0.2) is 6.33 Å². The summed E-state index contributed by atoms with van der Waals surface area (Å²) < 4.78 is 36.1. The van der Waals surface area contributed by atoms with Crippen LogP contribution in [0.4, 0.5) is 0 Å². The van der Waals surface area contributed by atoms with Crippen molar-refractivity contribution in [3.63, 3.8) is 0 Å². The van der Waals surface area contributed by atoms with Gasteiger partial charge in [-0.2, -0.15) is 4.41 Å². The number of sulfonamides is 1. The maximum Gasteiger partial charge on any atom is 0.335 e. The molecule has 0 saturated heterocycles. The first kappa shape index (κ1) is 32.7. The van der Waals surface area contributed by atoms with Gasteiger partial charge in [-0.3, -0.25) is 0 Å². The summed E-state index contributed by atoms with van der Waals surface area (Å²) in [6.45, 7) is 1.89. The molecule has 2 aromatic heterocycles. The van der Waals surface area contributed by atoms with E-state index in [1.54, 1.807) is 19.1 Å². The second-order valence-electron chi connectivity index (χ2n) is 11.0. The van der Waals surface area contributed by atoms with Crippen molar-refractivity contribution >= 4 is 38.5 Å². The van der Waals surface area contributed by atoms with Gasteiger partial charge >= 0.3 is 5.97 Å². The van der Waals surface area contributed by atoms with E-state index in [0.29, 0.717) is 23.6 Å². The minimum absolute atomic E-state index is 0.0391. The summed E-state index contributed by atoms with van der Waals surface area (Å²) in [5.74, 6) is -0.625. The third kappa shape index (κ3) is 6.90. The Kier molecular flexibility index (Phi) is 9.74. The number of rotatable bonds is 14. The number of benzene rings is 4. The highest BCUT2D eigenvalue weighted by molar-refractivity contribution is 7.92. The number of hydrogen-bond donors (Lipinski definition) is 1. The van der Waals surface area contributed by atoms with Gasteiger partial charge in [-0.1, -0.05) is 77.2 Å². The maximum absolute atomic E-state index is 13.3. The monoisotopic (exact) mass is 684 g/mol. The van der Waals surface area contributed by atoms with Crippen LogP contribution in [-0.2, 0) is 22.9 Å². The lowest BCUT2D eigenvalue weighted by Crippen LogP contribution is -2.44. The van der Waals surface area contributed by atoms with Gasteiger partial charge in [-0.15, -0.1) is 10.2 Å². The molecule has 11 nitrogen and oxygen atoms in total. The molecule has 0 fully saturated rings. The molecule has 0 atom stereocenters. The van der Waals surface area contributed by atoms with Crippen molar-refractivity contribution in [2.75, 3.05) is 23.3 Å². The van der Waals surface area contributed by atoms with Crippen LogP contribution in [0, 0.1) is 0 Å². The highest BCUT2D eigenvalue weighted by Crippen LogP contribution is 2.38. The quantitative estimate of drug-likeness (QED) is 0.153. The highest BCUT2D eigenvalue weighted by Gasteiger charge is 2.28. The number of halogens is 1. The Bertz CT molecular complexity index is 2070. The first-order valence-electron chi connectivity index (χ1n) is 15.4. The third-order valence-electron chi connectivity index (χ3n) is 8.16. The van der Waals surface area contributed by atoms with E-state index in [2.05, 4.69) is 44.2 Å². The zero-order chi connectivity index (χ0) is 33.7. The molecule has 0 amide bonds. The van der Waals surface area contributed by atoms with Crippen molar-refractivity contribution < 1.29 is 23.1 Å². The van der Waals surface area contributed by atoms with Crippen molar-refractivity contribution in [1.29, 1.82) is 0 Å². The lowest BCUT2D eigenvalue weighted by atomic mass is 9.97. The highest BCUT2D eigenvalue weighted by atomic mass is 35.5. The average molecular weight is 685 g/mol. The molecule has 13 heteroatoms. The Morgan fingerprint density at radius 2 is 1.60 bits per heavy atom. The Labute approximate surface area is 283 Å². The van der Waals surface area contributed by atoms with Gasteiger partial charge in [-0.05, 0) is 71.3 Å². The van der Waals surface area contributed by atoms with Crippen molar-refractivity contribution in [3.8, 4) is 5.75 Å². The minimum atomic E-state index is -3.77. The fourth-order valence-electron chi connectivity index (χ4n) is 5.93. The normalized spacial score (nSPS) is 11.6. The van der Waals surface area contributed by atoms with Gasteiger partial charge < -0.3 is 14.4 Å². The van der Waals surface area contributed by atoms with Crippen LogP contribution in [0.2, 0.25) is 5.02 Å². The Morgan fingerprint density at radius 1 is 0.938 bits per heavy atom. The first-order valence-corrected chi connectivity index (χ1v) is 17.4. The number of carboxylic acid groups (broad SMARTS) is 1. The Hall–Kier alpha value is -5.20.